The Morgan fingerprint density at radius 3 is 2.88 bits per heavy atom. The molecule has 0 aliphatic carbocycles. The Labute approximate surface area is 147 Å². The number of aliphatic hydroxyl groups is 1. The van der Waals surface area contributed by atoms with Crippen LogP contribution in [0, 0.1) is 5.92 Å². The molecule has 0 bridgehead atoms. The van der Waals surface area contributed by atoms with Crippen molar-refractivity contribution in [3.8, 4) is 5.82 Å². The van der Waals surface area contributed by atoms with Crippen LogP contribution in [-0.2, 0) is 0 Å². The van der Waals surface area contributed by atoms with Crippen LogP contribution in [0.25, 0.3) is 5.82 Å². The molecule has 2 N–H and O–H groups in total. The predicted molar refractivity (Wildman–Crippen MR) is 95.6 cm³/mol. The first-order valence-electron chi connectivity index (χ1n) is 8.70. The van der Waals surface area contributed by atoms with E-state index in [0.29, 0.717) is 24.0 Å². The van der Waals surface area contributed by atoms with E-state index >= 15 is 0 Å². The van der Waals surface area contributed by atoms with Crippen molar-refractivity contribution in [3.05, 3.63) is 36.8 Å². The third-order valence-electron chi connectivity index (χ3n) is 4.66. The van der Waals surface area contributed by atoms with Gasteiger partial charge in [-0.05, 0) is 43.4 Å². The average Bonchev–Trinajstić information content (AvgIpc) is 3.25. The molecule has 1 aliphatic rings. The van der Waals surface area contributed by atoms with Gasteiger partial charge in [0.05, 0.1) is 24.0 Å². The molecule has 7 nitrogen and oxygen atoms in total. The van der Waals surface area contributed by atoms with Crippen molar-refractivity contribution in [2.45, 2.75) is 38.6 Å². The van der Waals surface area contributed by atoms with Gasteiger partial charge in [0.15, 0.2) is 5.82 Å². The lowest BCUT2D eigenvalue weighted by molar-refractivity contribution is 0.0728. The first-order chi connectivity index (χ1) is 12.0. The molecule has 25 heavy (non-hydrogen) atoms. The standard InChI is InChI=1S/C18H25N5O2/c1-14(2)11-18(13-24)7-3-9-22(18)17(25)21-15-5-6-16(19-12-15)23-10-4-8-20-23/h4-6,8,10,12,14,24H,3,7,9,11,13H2,1-2H3,(H,21,25). The van der Waals surface area contributed by atoms with E-state index in [-0.39, 0.29) is 12.6 Å². The number of pyridine rings is 1. The zero-order valence-corrected chi connectivity index (χ0v) is 14.7. The quantitative estimate of drug-likeness (QED) is 0.874. The van der Waals surface area contributed by atoms with E-state index in [1.807, 2.05) is 12.3 Å². The van der Waals surface area contributed by atoms with Gasteiger partial charge in [0, 0.05) is 18.9 Å². The fourth-order valence-corrected chi connectivity index (χ4v) is 3.65. The van der Waals surface area contributed by atoms with E-state index < -0.39 is 5.54 Å². The molecular formula is C18H25N5O2. The topological polar surface area (TPSA) is 83.3 Å². The number of amides is 2. The smallest absolute Gasteiger partial charge is 0.322 e. The Hall–Kier alpha value is -2.41. The highest BCUT2D eigenvalue weighted by molar-refractivity contribution is 5.90. The zero-order chi connectivity index (χ0) is 17.9. The summed E-state index contributed by atoms with van der Waals surface area (Å²) < 4.78 is 1.66. The highest BCUT2D eigenvalue weighted by Gasteiger charge is 2.43. The molecule has 0 aromatic carbocycles. The zero-order valence-electron chi connectivity index (χ0n) is 14.7. The van der Waals surface area contributed by atoms with Gasteiger partial charge in [-0.2, -0.15) is 5.10 Å². The number of carbonyl (C=O) groups excluding carboxylic acids is 1. The number of hydrogen-bond donors (Lipinski definition) is 2. The number of anilines is 1. The minimum atomic E-state index is -0.458. The van der Waals surface area contributed by atoms with Crippen molar-refractivity contribution in [2.75, 3.05) is 18.5 Å². The van der Waals surface area contributed by atoms with Gasteiger partial charge < -0.3 is 15.3 Å². The van der Waals surface area contributed by atoms with Crippen LogP contribution in [0.15, 0.2) is 36.8 Å². The van der Waals surface area contributed by atoms with Crippen molar-refractivity contribution >= 4 is 11.7 Å². The second-order valence-electron chi connectivity index (χ2n) is 7.02. The fraction of sp³-hybridized carbons (Fsp3) is 0.500. The van der Waals surface area contributed by atoms with Gasteiger partial charge in [0.1, 0.15) is 0 Å². The SMILES string of the molecule is CC(C)CC1(CO)CCCN1C(=O)Nc1ccc(-n2cccn2)nc1. The van der Waals surface area contributed by atoms with Crippen LogP contribution >= 0.6 is 0 Å². The molecule has 0 spiro atoms. The number of carbonyl (C=O) groups is 1. The van der Waals surface area contributed by atoms with Crippen LogP contribution in [0.2, 0.25) is 0 Å². The van der Waals surface area contributed by atoms with Crippen LogP contribution in [0.1, 0.15) is 33.1 Å². The van der Waals surface area contributed by atoms with Crippen molar-refractivity contribution in [1.29, 1.82) is 0 Å². The molecule has 1 aliphatic heterocycles. The molecule has 3 heterocycles. The Balaban J connectivity index is 1.71. The maximum absolute atomic E-state index is 12.7. The van der Waals surface area contributed by atoms with E-state index in [1.165, 1.54) is 0 Å². The molecule has 1 fully saturated rings. The maximum Gasteiger partial charge on any atom is 0.322 e. The Bertz CT molecular complexity index is 699. The van der Waals surface area contributed by atoms with Crippen LogP contribution in [0.5, 0.6) is 0 Å². The monoisotopic (exact) mass is 343 g/mol. The second-order valence-corrected chi connectivity index (χ2v) is 7.02. The third-order valence-corrected chi connectivity index (χ3v) is 4.66. The van der Waals surface area contributed by atoms with Crippen LogP contribution in [0.4, 0.5) is 10.5 Å². The molecule has 2 amide bonds. The minimum absolute atomic E-state index is 0.00487. The van der Waals surface area contributed by atoms with Gasteiger partial charge in [-0.3, -0.25) is 0 Å². The van der Waals surface area contributed by atoms with Gasteiger partial charge in [0.25, 0.3) is 0 Å². The third kappa shape index (κ3) is 3.66. The molecule has 1 unspecified atom stereocenters. The summed E-state index contributed by atoms with van der Waals surface area (Å²) in [4.78, 5) is 18.9. The number of urea groups is 1. The highest BCUT2D eigenvalue weighted by atomic mass is 16.3. The van der Waals surface area contributed by atoms with Crippen LogP contribution in [0.3, 0.4) is 0 Å². The molecule has 1 atom stereocenters. The normalized spacial score (nSPS) is 20.2. The van der Waals surface area contributed by atoms with Crippen molar-refractivity contribution < 1.29 is 9.90 Å². The first kappa shape index (κ1) is 17.4. The van der Waals surface area contributed by atoms with Crippen molar-refractivity contribution in [3.63, 3.8) is 0 Å². The maximum atomic E-state index is 12.7. The van der Waals surface area contributed by atoms with Crippen LogP contribution in [-0.4, -0.2) is 49.5 Å². The second kappa shape index (κ2) is 7.23. The van der Waals surface area contributed by atoms with E-state index in [1.54, 1.807) is 34.1 Å². The molecule has 0 radical (unpaired) electrons. The van der Waals surface area contributed by atoms with E-state index in [2.05, 4.69) is 29.2 Å². The molecule has 1 saturated heterocycles. The number of likely N-dealkylation sites (tertiary alicyclic amines) is 1. The summed E-state index contributed by atoms with van der Waals surface area (Å²) >= 11 is 0. The summed E-state index contributed by atoms with van der Waals surface area (Å²) in [6.07, 6.45) is 7.67. The van der Waals surface area contributed by atoms with Gasteiger partial charge in [-0.1, -0.05) is 13.8 Å². The number of aliphatic hydroxyl groups excluding tert-OH is 1. The first-order valence-corrected chi connectivity index (χ1v) is 8.70. The fourth-order valence-electron chi connectivity index (χ4n) is 3.65. The summed E-state index contributed by atoms with van der Waals surface area (Å²) in [6.45, 7) is 4.89. The Morgan fingerprint density at radius 2 is 2.28 bits per heavy atom. The Morgan fingerprint density at radius 1 is 1.44 bits per heavy atom. The summed E-state index contributed by atoms with van der Waals surface area (Å²) in [7, 11) is 0. The van der Waals surface area contributed by atoms with Crippen molar-refractivity contribution in [2.24, 2.45) is 5.92 Å². The molecular weight excluding hydrogens is 318 g/mol. The largest absolute Gasteiger partial charge is 0.394 e. The van der Waals surface area contributed by atoms with Gasteiger partial charge >= 0.3 is 6.03 Å². The lowest BCUT2D eigenvalue weighted by Gasteiger charge is -2.38. The van der Waals surface area contributed by atoms with Crippen molar-refractivity contribution in [1.82, 2.24) is 19.7 Å². The molecule has 7 heteroatoms. The summed E-state index contributed by atoms with van der Waals surface area (Å²) in [5, 5.41) is 17.0. The van der Waals surface area contributed by atoms with E-state index in [4.69, 9.17) is 0 Å². The number of rotatable bonds is 5. The molecule has 134 valence electrons. The minimum Gasteiger partial charge on any atom is -0.394 e. The number of nitrogens with one attached hydrogen (secondary N) is 1. The average molecular weight is 343 g/mol. The summed E-state index contributed by atoms with van der Waals surface area (Å²) in [6, 6.07) is 5.26. The molecule has 2 aromatic rings. The number of nitrogens with zero attached hydrogens (tertiary/aromatic N) is 4. The van der Waals surface area contributed by atoms with E-state index in [9.17, 15) is 9.90 Å². The van der Waals surface area contributed by atoms with Gasteiger partial charge in [-0.25, -0.2) is 14.5 Å². The molecule has 3 rings (SSSR count). The molecule has 0 saturated carbocycles. The number of hydrogen-bond acceptors (Lipinski definition) is 4. The Kier molecular flexibility index (Phi) is 5.03. The molecule has 2 aromatic heterocycles. The summed E-state index contributed by atoms with van der Waals surface area (Å²) in [5.74, 6) is 1.10. The van der Waals surface area contributed by atoms with Gasteiger partial charge in [-0.15, -0.1) is 0 Å². The lowest BCUT2D eigenvalue weighted by atomic mass is 9.87. The lowest BCUT2D eigenvalue weighted by Crippen LogP contribution is -2.52. The van der Waals surface area contributed by atoms with E-state index in [0.717, 1.165) is 19.3 Å². The highest BCUT2D eigenvalue weighted by Crippen LogP contribution is 2.35. The summed E-state index contributed by atoms with van der Waals surface area (Å²) in [5.41, 5.74) is 0.171. The predicted octanol–water partition coefficient (Wildman–Crippen LogP) is 2.67. The van der Waals surface area contributed by atoms with Crippen LogP contribution < -0.4 is 5.32 Å². The van der Waals surface area contributed by atoms with Gasteiger partial charge in [0.2, 0.25) is 0 Å². The number of aromatic nitrogens is 3.